The smallest absolute Gasteiger partial charge is 0.315 e. The van der Waals surface area contributed by atoms with E-state index in [4.69, 9.17) is 10.8 Å². The van der Waals surface area contributed by atoms with E-state index in [0.717, 1.165) is 6.42 Å². The molecule has 3 N–H and O–H groups in total. The molecule has 3 nitrogen and oxygen atoms in total. The Balaban J connectivity index is 3.58. The Morgan fingerprint density at radius 2 is 2.40 bits per heavy atom. The number of hydrogen-bond acceptors (Lipinski definition) is 2. The van der Waals surface area contributed by atoms with Crippen LogP contribution in [0.15, 0.2) is 0 Å². The molecule has 0 aromatic rings. The number of rotatable bonds is 2. The standard InChI is InChI=1S/C7H11NO2/c1-2-6(8)4-3-5-7(9)10/h6H,2,5,8H2,1H3,(H,9,10). The Labute approximate surface area is 60.2 Å². The normalized spacial score (nSPS) is 11.4. The first-order valence-electron chi connectivity index (χ1n) is 3.12. The molecular formula is C7H11NO2. The summed E-state index contributed by atoms with van der Waals surface area (Å²) in [6, 6.07) is -0.181. The molecule has 0 heterocycles. The van der Waals surface area contributed by atoms with Crippen LogP contribution in [-0.2, 0) is 4.79 Å². The first kappa shape index (κ1) is 8.99. The van der Waals surface area contributed by atoms with E-state index in [1.165, 1.54) is 0 Å². The van der Waals surface area contributed by atoms with Crippen molar-refractivity contribution >= 4 is 5.97 Å². The van der Waals surface area contributed by atoms with E-state index >= 15 is 0 Å². The van der Waals surface area contributed by atoms with E-state index in [1.807, 2.05) is 6.92 Å². The highest BCUT2D eigenvalue weighted by Gasteiger charge is 1.91. The molecule has 0 aromatic heterocycles. The molecule has 0 bridgehead atoms. The molecule has 0 aliphatic carbocycles. The van der Waals surface area contributed by atoms with Crippen molar-refractivity contribution in [3.8, 4) is 11.8 Å². The maximum absolute atomic E-state index is 9.93. The molecule has 10 heavy (non-hydrogen) atoms. The van der Waals surface area contributed by atoms with Gasteiger partial charge in [0.25, 0.3) is 0 Å². The van der Waals surface area contributed by atoms with Gasteiger partial charge in [0.1, 0.15) is 6.42 Å². The quantitative estimate of drug-likeness (QED) is 0.540. The zero-order chi connectivity index (χ0) is 7.98. The zero-order valence-corrected chi connectivity index (χ0v) is 5.92. The van der Waals surface area contributed by atoms with Crippen LogP contribution in [0.5, 0.6) is 0 Å². The maximum Gasteiger partial charge on any atom is 0.315 e. The summed E-state index contributed by atoms with van der Waals surface area (Å²) in [7, 11) is 0. The van der Waals surface area contributed by atoms with Crippen LogP contribution in [0.2, 0.25) is 0 Å². The Bertz CT molecular complexity index is 166. The van der Waals surface area contributed by atoms with Crippen molar-refractivity contribution < 1.29 is 9.90 Å². The summed E-state index contributed by atoms with van der Waals surface area (Å²) < 4.78 is 0. The van der Waals surface area contributed by atoms with Crippen LogP contribution in [0.25, 0.3) is 0 Å². The van der Waals surface area contributed by atoms with Crippen molar-refractivity contribution in [2.45, 2.75) is 25.8 Å². The van der Waals surface area contributed by atoms with Crippen LogP contribution < -0.4 is 5.73 Å². The molecule has 0 saturated heterocycles. The number of carboxylic acids is 1. The molecule has 0 radical (unpaired) electrons. The largest absolute Gasteiger partial charge is 0.481 e. The van der Waals surface area contributed by atoms with Crippen LogP contribution in [0.3, 0.4) is 0 Å². The number of nitrogens with two attached hydrogens (primary N) is 1. The minimum absolute atomic E-state index is 0.117. The lowest BCUT2D eigenvalue weighted by Gasteiger charge is -1.93. The zero-order valence-electron chi connectivity index (χ0n) is 5.92. The first-order valence-corrected chi connectivity index (χ1v) is 3.12. The summed E-state index contributed by atoms with van der Waals surface area (Å²) in [6.45, 7) is 1.90. The third kappa shape index (κ3) is 5.13. The fourth-order valence-electron chi connectivity index (χ4n) is 0.360. The molecule has 0 fully saturated rings. The lowest BCUT2D eigenvalue weighted by atomic mass is 10.2. The van der Waals surface area contributed by atoms with Crippen molar-refractivity contribution in [1.82, 2.24) is 0 Å². The van der Waals surface area contributed by atoms with Gasteiger partial charge in [0.15, 0.2) is 0 Å². The molecule has 0 spiro atoms. The lowest BCUT2D eigenvalue weighted by molar-refractivity contribution is -0.135. The van der Waals surface area contributed by atoms with Crippen LogP contribution >= 0.6 is 0 Å². The summed E-state index contributed by atoms with van der Waals surface area (Å²) in [5.41, 5.74) is 5.39. The van der Waals surface area contributed by atoms with Gasteiger partial charge >= 0.3 is 5.97 Å². The van der Waals surface area contributed by atoms with Gasteiger partial charge in [0.05, 0.1) is 6.04 Å². The first-order chi connectivity index (χ1) is 4.66. The lowest BCUT2D eigenvalue weighted by Crippen LogP contribution is -2.15. The van der Waals surface area contributed by atoms with Gasteiger partial charge in [0, 0.05) is 0 Å². The number of carbonyl (C=O) groups is 1. The van der Waals surface area contributed by atoms with Crippen molar-refractivity contribution in [1.29, 1.82) is 0 Å². The summed E-state index contributed by atoms with van der Waals surface area (Å²) in [6.07, 6.45) is 0.639. The number of aliphatic carboxylic acids is 1. The van der Waals surface area contributed by atoms with Crippen molar-refractivity contribution in [3.63, 3.8) is 0 Å². The van der Waals surface area contributed by atoms with Crippen LogP contribution in [0.1, 0.15) is 19.8 Å². The topological polar surface area (TPSA) is 63.3 Å². The maximum atomic E-state index is 9.93. The monoisotopic (exact) mass is 141 g/mol. The van der Waals surface area contributed by atoms with E-state index < -0.39 is 5.97 Å². The molecule has 0 aromatic carbocycles. The van der Waals surface area contributed by atoms with E-state index in [-0.39, 0.29) is 12.5 Å². The fraction of sp³-hybridized carbons (Fsp3) is 0.571. The summed E-state index contributed by atoms with van der Waals surface area (Å²) in [5.74, 6) is 4.16. The van der Waals surface area contributed by atoms with Gasteiger partial charge in [-0.25, -0.2) is 0 Å². The van der Waals surface area contributed by atoms with E-state index in [2.05, 4.69) is 11.8 Å². The summed E-state index contributed by atoms with van der Waals surface area (Å²) >= 11 is 0. The Kier molecular flexibility index (Phi) is 4.34. The van der Waals surface area contributed by atoms with Crippen LogP contribution in [0, 0.1) is 11.8 Å². The third-order valence-electron chi connectivity index (χ3n) is 0.967. The highest BCUT2D eigenvalue weighted by atomic mass is 16.4. The minimum Gasteiger partial charge on any atom is -0.481 e. The van der Waals surface area contributed by atoms with Crippen molar-refractivity contribution in [3.05, 3.63) is 0 Å². The number of carboxylic acid groups (broad SMARTS) is 1. The average molecular weight is 141 g/mol. The van der Waals surface area contributed by atoms with Gasteiger partial charge in [-0.2, -0.15) is 0 Å². The molecular weight excluding hydrogens is 130 g/mol. The van der Waals surface area contributed by atoms with Gasteiger partial charge in [-0.15, -0.1) is 0 Å². The predicted molar refractivity (Wildman–Crippen MR) is 38.3 cm³/mol. The number of hydrogen-bond donors (Lipinski definition) is 2. The Morgan fingerprint density at radius 1 is 1.80 bits per heavy atom. The highest BCUT2D eigenvalue weighted by molar-refractivity contribution is 5.69. The second kappa shape index (κ2) is 4.83. The molecule has 0 saturated carbocycles. The van der Waals surface area contributed by atoms with Crippen LogP contribution in [0.4, 0.5) is 0 Å². The molecule has 0 amide bonds. The second-order valence-electron chi connectivity index (χ2n) is 1.91. The molecule has 0 aliphatic heterocycles. The minimum atomic E-state index is -0.907. The highest BCUT2D eigenvalue weighted by Crippen LogP contribution is 1.82. The second-order valence-corrected chi connectivity index (χ2v) is 1.91. The van der Waals surface area contributed by atoms with Gasteiger partial charge in [-0.1, -0.05) is 18.8 Å². The molecule has 0 aliphatic rings. The van der Waals surface area contributed by atoms with Gasteiger partial charge < -0.3 is 10.8 Å². The molecule has 56 valence electrons. The predicted octanol–water partition coefficient (Wildman–Crippen LogP) is 0.202. The average Bonchev–Trinajstić information content (AvgIpc) is 1.87. The Hall–Kier alpha value is -1.01. The van der Waals surface area contributed by atoms with Crippen molar-refractivity contribution in [2.75, 3.05) is 0 Å². The fourth-order valence-corrected chi connectivity index (χ4v) is 0.360. The Morgan fingerprint density at radius 3 is 2.80 bits per heavy atom. The van der Waals surface area contributed by atoms with Crippen LogP contribution in [-0.4, -0.2) is 17.1 Å². The SMILES string of the molecule is CCC(N)C#CCC(=O)O. The third-order valence-corrected chi connectivity index (χ3v) is 0.967. The van der Waals surface area contributed by atoms with E-state index in [0.29, 0.717) is 0 Å². The van der Waals surface area contributed by atoms with Gasteiger partial charge in [-0.3, -0.25) is 4.79 Å². The molecule has 0 rings (SSSR count). The molecule has 1 unspecified atom stereocenters. The molecule has 3 heteroatoms. The van der Waals surface area contributed by atoms with Gasteiger partial charge in [0.2, 0.25) is 0 Å². The summed E-state index contributed by atoms with van der Waals surface area (Å²) in [5, 5.41) is 8.16. The summed E-state index contributed by atoms with van der Waals surface area (Å²) in [4.78, 5) is 9.93. The van der Waals surface area contributed by atoms with E-state index in [1.54, 1.807) is 0 Å². The molecule has 1 atom stereocenters. The van der Waals surface area contributed by atoms with E-state index in [9.17, 15) is 4.79 Å². The van der Waals surface area contributed by atoms with Crippen molar-refractivity contribution in [2.24, 2.45) is 5.73 Å². The van der Waals surface area contributed by atoms with Gasteiger partial charge in [-0.05, 0) is 6.42 Å².